The highest BCUT2D eigenvalue weighted by atomic mass is 16.3. The maximum Gasteiger partial charge on any atom is 0.246 e. The smallest absolute Gasteiger partial charge is 0.246 e. The number of rotatable bonds is 6. The van der Waals surface area contributed by atoms with E-state index in [2.05, 4.69) is 13.8 Å². The summed E-state index contributed by atoms with van der Waals surface area (Å²) in [4.78, 5) is 13.8. The van der Waals surface area contributed by atoms with E-state index in [-0.39, 0.29) is 5.91 Å². The van der Waals surface area contributed by atoms with E-state index in [1.807, 2.05) is 24.0 Å². The van der Waals surface area contributed by atoms with Gasteiger partial charge in [0, 0.05) is 19.2 Å². The molecule has 3 heteroatoms. The fourth-order valence-electron chi connectivity index (χ4n) is 1.67. The minimum Gasteiger partial charge on any atom is -0.462 e. The minimum absolute atomic E-state index is 0.0581. The van der Waals surface area contributed by atoms with Gasteiger partial charge in [0.05, 0.1) is 0 Å². The second-order valence-corrected chi connectivity index (χ2v) is 4.11. The first-order chi connectivity index (χ1) is 8.17. The van der Waals surface area contributed by atoms with Crippen LogP contribution in [0.4, 0.5) is 0 Å². The van der Waals surface area contributed by atoms with Crippen molar-refractivity contribution < 1.29 is 9.21 Å². The average molecular weight is 235 g/mol. The summed E-state index contributed by atoms with van der Waals surface area (Å²) in [5, 5.41) is 0. The maximum atomic E-state index is 11.9. The molecule has 0 N–H and O–H groups in total. The molecule has 0 atom stereocenters. The van der Waals surface area contributed by atoms with E-state index in [1.54, 1.807) is 12.2 Å². The maximum absolute atomic E-state index is 11.9. The Balaban J connectivity index is 2.59. The molecule has 1 rings (SSSR count). The molecule has 17 heavy (non-hydrogen) atoms. The van der Waals surface area contributed by atoms with Crippen molar-refractivity contribution in [2.45, 2.75) is 33.6 Å². The molecule has 0 radical (unpaired) electrons. The Kier molecular flexibility index (Phi) is 5.53. The van der Waals surface area contributed by atoms with Crippen molar-refractivity contribution in [3.8, 4) is 0 Å². The van der Waals surface area contributed by atoms with E-state index in [1.165, 1.54) is 0 Å². The zero-order chi connectivity index (χ0) is 12.7. The molecule has 0 saturated carbocycles. The fourth-order valence-corrected chi connectivity index (χ4v) is 1.67. The minimum atomic E-state index is 0.0581. The van der Waals surface area contributed by atoms with E-state index in [4.69, 9.17) is 4.42 Å². The molecule has 0 fully saturated rings. The molecule has 3 nitrogen and oxygen atoms in total. The van der Waals surface area contributed by atoms with Crippen molar-refractivity contribution in [3.63, 3.8) is 0 Å². The van der Waals surface area contributed by atoms with Gasteiger partial charge in [-0.3, -0.25) is 4.79 Å². The Labute approximate surface area is 103 Å². The van der Waals surface area contributed by atoms with Crippen molar-refractivity contribution >= 4 is 12.0 Å². The first kappa shape index (κ1) is 13.6. The lowest BCUT2D eigenvalue weighted by atomic mass is 10.3. The van der Waals surface area contributed by atoms with E-state index >= 15 is 0 Å². The summed E-state index contributed by atoms with van der Waals surface area (Å²) >= 11 is 0. The Morgan fingerprint density at radius 3 is 2.41 bits per heavy atom. The van der Waals surface area contributed by atoms with Crippen LogP contribution >= 0.6 is 0 Å². The number of hydrogen-bond acceptors (Lipinski definition) is 2. The van der Waals surface area contributed by atoms with Crippen molar-refractivity contribution in [2.75, 3.05) is 13.1 Å². The number of nitrogens with zero attached hydrogens (tertiary/aromatic N) is 1. The number of amides is 1. The molecular weight excluding hydrogens is 214 g/mol. The van der Waals surface area contributed by atoms with E-state index < -0.39 is 0 Å². The van der Waals surface area contributed by atoms with Crippen LogP contribution in [0.15, 0.2) is 22.6 Å². The quantitative estimate of drug-likeness (QED) is 0.709. The highest BCUT2D eigenvalue weighted by Gasteiger charge is 2.07. The Hall–Kier alpha value is -1.51. The predicted octanol–water partition coefficient (Wildman–Crippen LogP) is 3.25. The van der Waals surface area contributed by atoms with Gasteiger partial charge in [0.15, 0.2) is 0 Å². The normalized spacial score (nSPS) is 11.0. The fraction of sp³-hybridized carbons (Fsp3) is 0.500. The van der Waals surface area contributed by atoms with E-state index in [0.29, 0.717) is 0 Å². The van der Waals surface area contributed by atoms with Crippen molar-refractivity contribution in [2.24, 2.45) is 0 Å². The molecule has 1 amide bonds. The predicted molar refractivity (Wildman–Crippen MR) is 69.6 cm³/mol. The lowest BCUT2D eigenvalue weighted by Crippen LogP contribution is -2.30. The van der Waals surface area contributed by atoms with Crippen molar-refractivity contribution in [1.29, 1.82) is 0 Å². The molecule has 0 spiro atoms. The highest BCUT2D eigenvalue weighted by Crippen LogP contribution is 2.08. The Morgan fingerprint density at radius 1 is 1.29 bits per heavy atom. The zero-order valence-electron chi connectivity index (χ0n) is 10.9. The average Bonchev–Trinajstić information content (AvgIpc) is 2.72. The molecule has 0 saturated heterocycles. The molecule has 0 unspecified atom stereocenters. The summed E-state index contributed by atoms with van der Waals surface area (Å²) < 4.78 is 5.38. The third-order valence-electron chi connectivity index (χ3n) is 2.45. The second-order valence-electron chi connectivity index (χ2n) is 4.11. The molecule has 1 aromatic rings. The van der Waals surface area contributed by atoms with Crippen LogP contribution < -0.4 is 0 Å². The first-order valence-corrected chi connectivity index (χ1v) is 6.20. The lowest BCUT2D eigenvalue weighted by molar-refractivity contribution is -0.126. The van der Waals surface area contributed by atoms with E-state index in [9.17, 15) is 4.79 Å². The summed E-state index contributed by atoms with van der Waals surface area (Å²) in [6, 6.07) is 3.75. The van der Waals surface area contributed by atoms with Crippen LogP contribution in [0.1, 0.15) is 38.2 Å². The second kappa shape index (κ2) is 6.94. The molecule has 94 valence electrons. The number of furan rings is 1. The van der Waals surface area contributed by atoms with Gasteiger partial charge in [0.25, 0.3) is 0 Å². The van der Waals surface area contributed by atoms with Crippen LogP contribution in [0.25, 0.3) is 6.08 Å². The number of aryl methyl sites for hydroxylation is 1. The van der Waals surface area contributed by atoms with Crippen LogP contribution in [0.2, 0.25) is 0 Å². The molecule has 0 aliphatic rings. The summed E-state index contributed by atoms with van der Waals surface area (Å²) in [5.74, 6) is 1.64. The Bertz CT molecular complexity index is 373. The van der Waals surface area contributed by atoms with Gasteiger partial charge < -0.3 is 9.32 Å². The van der Waals surface area contributed by atoms with Crippen LogP contribution in [0.5, 0.6) is 0 Å². The van der Waals surface area contributed by atoms with Crippen LogP contribution in [-0.4, -0.2) is 23.9 Å². The van der Waals surface area contributed by atoms with Gasteiger partial charge in [-0.15, -0.1) is 0 Å². The molecule has 0 aliphatic heterocycles. The molecule has 0 bridgehead atoms. The largest absolute Gasteiger partial charge is 0.462 e. The number of carbonyl (C=O) groups excluding carboxylic acids is 1. The molecule has 1 heterocycles. The molecule has 0 aliphatic carbocycles. The van der Waals surface area contributed by atoms with Gasteiger partial charge in [-0.05, 0) is 38.0 Å². The van der Waals surface area contributed by atoms with Gasteiger partial charge in [0.2, 0.25) is 5.91 Å². The molecule has 0 aromatic carbocycles. The topological polar surface area (TPSA) is 33.5 Å². The van der Waals surface area contributed by atoms with Gasteiger partial charge >= 0.3 is 0 Å². The summed E-state index contributed by atoms with van der Waals surface area (Å²) in [7, 11) is 0. The standard InChI is InChI=1S/C14H21NO2/c1-4-10-15(11-5-2)14(16)9-8-13-7-6-12(3)17-13/h6-9H,4-5,10-11H2,1-3H3/b9-8+. The van der Waals surface area contributed by atoms with Gasteiger partial charge in [-0.1, -0.05) is 13.8 Å². The Morgan fingerprint density at radius 2 is 1.94 bits per heavy atom. The summed E-state index contributed by atoms with van der Waals surface area (Å²) in [5.41, 5.74) is 0. The van der Waals surface area contributed by atoms with E-state index in [0.717, 1.165) is 37.5 Å². The molecule has 1 aromatic heterocycles. The number of hydrogen-bond donors (Lipinski definition) is 0. The SMILES string of the molecule is CCCN(CCC)C(=O)/C=C/c1ccc(C)o1. The summed E-state index contributed by atoms with van der Waals surface area (Å²) in [6.07, 6.45) is 5.29. The van der Waals surface area contributed by atoms with Crippen molar-refractivity contribution in [1.82, 2.24) is 4.90 Å². The van der Waals surface area contributed by atoms with Crippen LogP contribution in [-0.2, 0) is 4.79 Å². The first-order valence-electron chi connectivity index (χ1n) is 6.20. The van der Waals surface area contributed by atoms with Crippen molar-refractivity contribution in [3.05, 3.63) is 29.7 Å². The number of carbonyl (C=O) groups is 1. The zero-order valence-corrected chi connectivity index (χ0v) is 10.9. The van der Waals surface area contributed by atoms with Gasteiger partial charge in [0.1, 0.15) is 11.5 Å². The van der Waals surface area contributed by atoms with Crippen LogP contribution in [0, 0.1) is 6.92 Å². The lowest BCUT2D eigenvalue weighted by Gasteiger charge is -2.19. The van der Waals surface area contributed by atoms with Gasteiger partial charge in [-0.25, -0.2) is 0 Å². The van der Waals surface area contributed by atoms with Gasteiger partial charge in [-0.2, -0.15) is 0 Å². The summed E-state index contributed by atoms with van der Waals surface area (Å²) in [6.45, 7) is 7.67. The third kappa shape index (κ3) is 4.47. The monoisotopic (exact) mass is 235 g/mol. The van der Waals surface area contributed by atoms with Crippen LogP contribution in [0.3, 0.4) is 0 Å². The third-order valence-corrected chi connectivity index (χ3v) is 2.45. The highest BCUT2D eigenvalue weighted by molar-refractivity contribution is 5.91. The molecular formula is C14H21NO2.